The summed E-state index contributed by atoms with van der Waals surface area (Å²) in [5.74, 6) is -4.19. The Bertz CT molecular complexity index is 534. The summed E-state index contributed by atoms with van der Waals surface area (Å²) >= 11 is 2.96. The largest absolute Gasteiger partial charge is 0.481 e. The van der Waals surface area contributed by atoms with Crippen LogP contribution in [0.1, 0.15) is 16.8 Å². The maximum atomic E-state index is 12.8. The average molecular weight is 334 g/mol. The molecule has 1 aromatic carbocycles. The molecule has 1 aromatic rings. The summed E-state index contributed by atoms with van der Waals surface area (Å²) in [4.78, 5) is 33.0. The Morgan fingerprint density at radius 1 is 1.32 bits per heavy atom. The number of carbonyl (C=O) groups is 3. The Morgan fingerprint density at radius 2 is 1.95 bits per heavy atom. The van der Waals surface area contributed by atoms with Gasteiger partial charge >= 0.3 is 11.9 Å². The maximum absolute atomic E-state index is 12.8. The van der Waals surface area contributed by atoms with Crippen molar-refractivity contribution in [1.82, 2.24) is 5.32 Å². The number of halogens is 2. The van der Waals surface area contributed by atoms with Gasteiger partial charge in [-0.2, -0.15) is 0 Å². The van der Waals surface area contributed by atoms with E-state index in [-0.39, 0.29) is 10.0 Å². The van der Waals surface area contributed by atoms with E-state index in [9.17, 15) is 18.8 Å². The average Bonchev–Trinajstić information content (AvgIpc) is 2.26. The van der Waals surface area contributed by atoms with Gasteiger partial charge in [0.2, 0.25) is 0 Å². The van der Waals surface area contributed by atoms with Crippen LogP contribution < -0.4 is 5.32 Å². The van der Waals surface area contributed by atoms with Crippen LogP contribution in [0.15, 0.2) is 22.7 Å². The molecule has 0 aliphatic rings. The predicted molar refractivity (Wildman–Crippen MR) is 65.2 cm³/mol. The topological polar surface area (TPSA) is 104 Å². The van der Waals surface area contributed by atoms with Crippen molar-refractivity contribution in [3.05, 3.63) is 34.1 Å². The van der Waals surface area contributed by atoms with E-state index in [4.69, 9.17) is 10.2 Å². The van der Waals surface area contributed by atoms with E-state index in [1.807, 2.05) is 0 Å². The van der Waals surface area contributed by atoms with Crippen molar-refractivity contribution < 1.29 is 29.0 Å². The third-order valence-corrected chi connectivity index (χ3v) is 2.81. The Balaban J connectivity index is 2.87. The van der Waals surface area contributed by atoms with Crippen molar-refractivity contribution in [3.63, 3.8) is 0 Å². The molecule has 19 heavy (non-hydrogen) atoms. The molecule has 1 atom stereocenters. The summed E-state index contributed by atoms with van der Waals surface area (Å²) in [7, 11) is 0. The van der Waals surface area contributed by atoms with Crippen LogP contribution in [-0.4, -0.2) is 34.1 Å². The monoisotopic (exact) mass is 333 g/mol. The first kappa shape index (κ1) is 15.1. The molecule has 0 aromatic heterocycles. The van der Waals surface area contributed by atoms with Gasteiger partial charge in [-0.15, -0.1) is 0 Å². The number of rotatable bonds is 5. The quantitative estimate of drug-likeness (QED) is 0.752. The molecule has 8 heteroatoms. The van der Waals surface area contributed by atoms with Gasteiger partial charge in [-0.1, -0.05) is 0 Å². The first-order valence-electron chi connectivity index (χ1n) is 5.01. The van der Waals surface area contributed by atoms with Crippen molar-refractivity contribution in [1.29, 1.82) is 0 Å². The van der Waals surface area contributed by atoms with Crippen molar-refractivity contribution >= 4 is 33.8 Å². The van der Waals surface area contributed by atoms with Crippen LogP contribution >= 0.6 is 15.9 Å². The van der Waals surface area contributed by atoms with E-state index < -0.39 is 36.1 Å². The Kier molecular flexibility index (Phi) is 4.99. The normalized spacial score (nSPS) is 11.7. The maximum Gasteiger partial charge on any atom is 0.326 e. The zero-order valence-electron chi connectivity index (χ0n) is 9.39. The Hall–Kier alpha value is -1.96. The van der Waals surface area contributed by atoms with Crippen molar-refractivity contribution in [2.75, 3.05) is 0 Å². The zero-order valence-corrected chi connectivity index (χ0v) is 11.0. The molecule has 0 heterocycles. The molecule has 0 aliphatic heterocycles. The molecule has 0 spiro atoms. The van der Waals surface area contributed by atoms with Crippen LogP contribution in [0.4, 0.5) is 4.39 Å². The molecule has 0 radical (unpaired) electrons. The van der Waals surface area contributed by atoms with Gasteiger partial charge in [0.1, 0.15) is 11.9 Å². The molecular formula is C11H9BrFNO5. The van der Waals surface area contributed by atoms with Gasteiger partial charge in [0.05, 0.1) is 12.0 Å². The Labute approximate surface area is 115 Å². The highest BCUT2D eigenvalue weighted by Crippen LogP contribution is 2.18. The van der Waals surface area contributed by atoms with Crippen molar-refractivity contribution in [3.8, 4) is 0 Å². The summed E-state index contributed by atoms with van der Waals surface area (Å²) in [5, 5.41) is 19.4. The third kappa shape index (κ3) is 4.32. The lowest BCUT2D eigenvalue weighted by atomic mass is 10.1. The van der Waals surface area contributed by atoms with Crippen LogP contribution in [-0.2, 0) is 9.59 Å². The fourth-order valence-electron chi connectivity index (χ4n) is 1.28. The molecule has 0 saturated heterocycles. The summed E-state index contributed by atoms with van der Waals surface area (Å²) in [6, 6.07) is 1.69. The molecule has 3 N–H and O–H groups in total. The summed E-state index contributed by atoms with van der Waals surface area (Å²) in [6.07, 6.45) is -0.750. The van der Waals surface area contributed by atoms with Crippen LogP contribution in [0.25, 0.3) is 0 Å². The number of benzene rings is 1. The minimum atomic E-state index is -1.55. The number of carboxylic acids is 2. The van der Waals surface area contributed by atoms with Crippen molar-refractivity contribution in [2.45, 2.75) is 12.5 Å². The fraction of sp³-hybridized carbons (Fsp3) is 0.182. The van der Waals surface area contributed by atoms with E-state index in [1.165, 1.54) is 0 Å². The first-order valence-corrected chi connectivity index (χ1v) is 5.81. The standard InChI is InChI=1S/C11H9BrFNO5/c12-7-3-5(13)1-2-6(7)10(17)14-8(11(18)19)4-9(15)16/h1-3,8H,4H2,(H,14,17)(H,15,16)(H,18,19). The van der Waals surface area contributed by atoms with Crippen molar-refractivity contribution in [2.24, 2.45) is 0 Å². The number of carboxylic acid groups (broad SMARTS) is 2. The van der Waals surface area contributed by atoms with Gasteiger partial charge in [-0.05, 0) is 34.1 Å². The predicted octanol–water partition coefficient (Wildman–Crippen LogP) is 1.25. The van der Waals surface area contributed by atoms with Crippen LogP contribution in [0.5, 0.6) is 0 Å². The van der Waals surface area contributed by atoms with Gasteiger partial charge in [0.25, 0.3) is 5.91 Å². The van der Waals surface area contributed by atoms with Gasteiger partial charge in [-0.25, -0.2) is 9.18 Å². The van der Waals surface area contributed by atoms with E-state index >= 15 is 0 Å². The van der Waals surface area contributed by atoms with E-state index in [0.29, 0.717) is 0 Å². The molecular weight excluding hydrogens is 325 g/mol. The van der Waals surface area contributed by atoms with Crippen LogP contribution in [0, 0.1) is 5.82 Å². The highest BCUT2D eigenvalue weighted by molar-refractivity contribution is 9.10. The second kappa shape index (κ2) is 6.28. The number of aliphatic carboxylic acids is 2. The van der Waals surface area contributed by atoms with Gasteiger partial charge in [-0.3, -0.25) is 9.59 Å². The Morgan fingerprint density at radius 3 is 2.42 bits per heavy atom. The van der Waals surface area contributed by atoms with Gasteiger partial charge < -0.3 is 15.5 Å². The minimum absolute atomic E-state index is 0.0121. The molecule has 1 amide bonds. The molecule has 6 nitrogen and oxygen atoms in total. The first-order chi connectivity index (χ1) is 8.81. The van der Waals surface area contributed by atoms with Crippen LogP contribution in [0.3, 0.4) is 0 Å². The zero-order chi connectivity index (χ0) is 14.6. The van der Waals surface area contributed by atoms with E-state index in [1.54, 1.807) is 0 Å². The summed E-state index contributed by atoms with van der Waals surface area (Å²) in [6.45, 7) is 0. The lowest BCUT2D eigenvalue weighted by Crippen LogP contribution is -2.42. The number of carbonyl (C=O) groups excluding carboxylic acids is 1. The van der Waals surface area contributed by atoms with E-state index in [2.05, 4.69) is 21.2 Å². The molecule has 1 rings (SSSR count). The highest BCUT2D eigenvalue weighted by atomic mass is 79.9. The molecule has 0 fully saturated rings. The highest BCUT2D eigenvalue weighted by Gasteiger charge is 2.24. The molecule has 1 unspecified atom stereocenters. The number of hydrogen-bond acceptors (Lipinski definition) is 3. The van der Waals surface area contributed by atoms with E-state index in [0.717, 1.165) is 18.2 Å². The lowest BCUT2D eigenvalue weighted by molar-refractivity contribution is -0.145. The minimum Gasteiger partial charge on any atom is -0.481 e. The van der Waals surface area contributed by atoms with Gasteiger partial charge in [0.15, 0.2) is 0 Å². The second-order valence-electron chi connectivity index (χ2n) is 3.59. The molecule has 0 bridgehead atoms. The summed E-state index contributed by atoms with van der Waals surface area (Å²) < 4.78 is 13.0. The number of hydrogen-bond donors (Lipinski definition) is 3. The van der Waals surface area contributed by atoms with Gasteiger partial charge in [0, 0.05) is 4.47 Å². The molecule has 0 aliphatic carbocycles. The number of nitrogens with one attached hydrogen (secondary N) is 1. The SMILES string of the molecule is O=C(O)CC(NC(=O)c1ccc(F)cc1Br)C(=O)O. The second-order valence-corrected chi connectivity index (χ2v) is 4.44. The fourth-order valence-corrected chi connectivity index (χ4v) is 1.82. The number of amides is 1. The molecule has 102 valence electrons. The lowest BCUT2D eigenvalue weighted by Gasteiger charge is -2.13. The molecule has 0 saturated carbocycles. The third-order valence-electron chi connectivity index (χ3n) is 2.16. The smallest absolute Gasteiger partial charge is 0.326 e. The summed E-state index contributed by atoms with van der Waals surface area (Å²) in [5.41, 5.74) is 0.0121. The van der Waals surface area contributed by atoms with Crippen LogP contribution in [0.2, 0.25) is 0 Å².